The van der Waals surface area contributed by atoms with Gasteiger partial charge in [-0.05, 0) is 38.5 Å². The van der Waals surface area contributed by atoms with Crippen molar-refractivity contribution in [3.8, 4) is 0 Å². The number of hydrogen-bond donors (Lipinski definition) is 3. The Labute approximate surface area is 339 Å². The second kappa shape index (κ2) is 42.8. The lowest BCUT2D eigenvalue weighted by atomic mass is 10.0. The molecule has 0 aliphatic rings. The van der Waals surface area contributed by atoms with Crippen LogP contribution in [0.3, 0.4) is 0 Å². The maximum absolute atomic E-state index is 12.6. The van der Waals surface area contributed by atoms with E-state index >= 15 is 0 Å². The molecule has 0 saturated heterocycles. The number of phosphoric ester groups is 1. The minimum Gasteiger partial charge on any atom is -0.457 e. The van der Waals surface area contributed by atoms with Gasteiger partial charge in [0.05, 0.1) is 26.4 Å². The number of phosphoric acid groups is 1. The first-order valence-electron chi connectivity index (χ1n) is 23.2. The lowest BCUT2D eigenvalue weighted by Gasteiger charge is -2.20. The molecule has 10 heteroatoms. The van der Waals surface area contributed by atoms with Gasteiger partial charge in [-0.25, -0.2) is 4.57 Å². The van der Waals surface area contributed by atoms with Crippen molar-refractivity contribution >= 4 is 13.8 Å². The number of carbonyl (C=O) groups excluding carboxylic acids is 1. The Morgan fingerprint density at radius 2 is 0.927 bits per heavy atom. The van der Waals surface area contributed by atoms with Gasteiger partial charge in [0.2, 0.25) is 0 Å². The molecule has 55 heavy (non-hydrogen) atoms. The molecule has 0 heterocycles. The van der Waals surface area contributed by atoms with Gasteiger partial charge < -0.3 is 24.6 Å². The quantitative estimate of drug-likeness (QED) is 0.0238. The molecular weight excluding hydrogens is 715 g/mol. The smallest absolute Gasteiger partial charge is 0.457 e. The zero-order valence-electron chi connectivity index (χ0n) is 35.9. The summed E-state index contributed by atoms with van der Waals surface area (Å²) >= 11 is 0. The third-order valence-corrected chi connectivity index (χ3v) is 11.2. The van der Waals surface area contributed by atoms with Crippen molar-refractivity contribution in [3.05, 3.63) is 12.2 Å². The first-order valence-corrected chi connectivity index (χ1v) is 24.7. The van der Waals surface area contributed by atoms with E-state index in [1.54, 1.807) is 0 Å². The Kier molecular flexibility index (Phi) is 42.2. The van der Waals surface area contributed by atoms with Crippen molar-refractivity contribution in [3.63, 3.8) is 0 Å². The number of aliphatic hydroxyl groups excluding tert-OH is 2. The summed E-state index contributed by atoms with van der Waals surface area (Å²) in [6.07, 6.45) is 43.2. The highest BCUT2D eigenvalue weighted by atomic mass is 31.2. The van der Waals surface area contributed by atoms with E-state index < -0.39 is 33.2 Å². The summed E-state index contributed by atoms with van der Waals surface area (Å²) in [5.74, 6) is -0.379. The second-order valence-corrected chi connectivity index (χ2v) is 17.2. The van der Waals surface area contributed by atoms with E-state index in [9.17, 15) is 19.4 Å². The number of ether oxygens (including phenoxy) is 2. The van der Waals surface area contributed by atoms with E-state index in [2.05, 4.69) is 26.0 Å². The largest absolute Gasteiger partial charge is 0.472 e. The lowest BCUT2D eigenvalue weighted by Crippen LogP contribution is -2.29. The van der Waals surface area contributed by atoms with E-state index in [4.69, 9.17) is 23.6 Å². The predicted molar refractivity (Wildman–Crippen MR) is 228 cm³/mol. The van der Waals surface area contributed by atoms with Crippen LogP contribution in [0.4, 0.5) is 0 Å². The number of carbonyl (C=O) groups is 1. The van der Waals surface area contributed by atoms with Crippen LogP contribution in [0.2, 0.25) is 0 Å². The van der Waals surface area contributed by atoms with Crippen LogP contribution < -0.4 is 0 Å². The van der Waals surface area contributed by atoms with Crippen LogP contribution in [0, 0.1) is 0 Å². The molecule has 0 bridgehead atoms. The number of aliphatic hydroxyl groups is 2. The summed E-state index contributed by atoms with van der Waals surface area (Å²) in [4.78, 5) is 22.6. The number of esters is 1. The molecule has 328 valence electrons. The van der Waals surface area contributed by atoms with Crippen molar-refractivity contribution in [2.75, 3.05) is 33.0 Å². The summed E-state index contributed by atoms with van der Waals surface area (Å²) in [6.45, 7) is 3.55. The standard InChI is InChI=1S/C45H89O9P/c1-3-5-7-9-11-13-15-16-17-18-19-20-21-22-23-24-25-26-27-29-31-33-35-37-45(48)54-44(42-53-55(49,50)52-40-43(47)39-46)41-51-38-36-34-32-30-28-14-12-10-8-6-4-2/h18-19,43-44,46-47H,3-17,20-42H2,1-2H3,(H,49,50)/b19-18-. The van der Waals surface area contributed by atoms with Gasteiger partial charge >= 0.3 is 13.8 Å². The molecule has 0 aromatic carbocycles. The van der Waals surface area contributed by atoms with Crippen LogP contribution in [-0.2, 0) is 27.9 Å². The van der Waals surface area contributed by atoms with Crippen molar-refractivity contribution in [1.82, 2.24) is 0 Å². The number of allylic oxidation sites excluding steroid dienone is 2. The predicted octanol–water partition coefficient (Wildman–Crippen LogP) is 12.9. The third-order valence-electron chi connectivity index (χ3n) is 10.2. The summed E-state index contributed by atoms with van der Waals surface area (Å²) in [5, 5.41) is 18.3. The molecule has 0 fully saturated rings. The summed E-state index contributed by atoms with van der Waals surface area (Å²) in [7, 11) is -4.51. The van der Waals surface area contributed by atoms with Crippen LogP contribution in [-0.4, -0.2) is 66.3 Å². The molecule has 0 rings (SSSR count). The van der Waals surface area contributed by atoms with E-state index in [1.807, 2.05) is 0 Å². The van der Waals surface area contributed by atoms with Crippen LogP contribution in [0.5, 0.6) is 0 Å². The molecule has 0 aromatic rings. The van der Waals surface area contributed by atoms with Gasteiger partial charge in [-0.3, -0.25) is 13.8 Å². The number of hydrogen-bond acceptors (Lipinski definition) is 8. The van der Waals surface area contributed by atoms with Gasteiger partial charge in [-0.15, -0.1) is 0 Å². The molecule has 3 unspecified atom stereocenters. The van der Waals surface area contributed by atoms with E-state index in [0.717, 1.165) is 32.1 Å². The van der Waals surface area contributed by atoms with E-state index in [-0.39, 0.29) is 25.6 Å². The SMILES string of the molecule is CCCCCCCCCC/C=C\CCCCCCCCCCCCCC(=O)OC(COCCCCCCCCCCCCC)COP(=O)(O)OCC(O)CO. The molecule has 0 aliphatic heterocycles. The molecule has 0 spiro atoms. The Morgan fingerprint density at radius 3 is 1.36 bits per heavy atom. The Bertz CT molecular complexity index is 871. The van der Waals surface area contributed by atoms with Crippen molar-refractivity contribution in [1.29, 1.82) is 0 Å². The monoisotopic (exact) mass is 805 g/mol. The van der Waals surface area contributed by atoms with E-state index in [1.165, 1.54) is 173 Å². The van der Waals surface area contributed by atoms with Gasteiger partial charge in [0, 0.05) is 13.0 Å². The maximum atomic E-state index is 12.6. The summed E-state index contributed by atoms with van der Waals surface area (Å²) < 4.78 is 33.4. The molecule has 9 nitrogen and oxygen atoms in total. The molecule has 3 atom stereocenters. The summed E-state index contributed by atoms with van der Waals surface area (Å²) in [5.41, 5.74) is 0. The van der Waals surface area contributed by atoms with Crippen molar-refractivity contribution in [2.45, 2.75) is 238 Å². The van der Waals surface area contributed by atoms with Crippen LogP contribution in [0.25, 0.3) is 0 Å². The number of rotatable bonds is 45. The Balaban J connectivity index is 4.01. The summed E-state index contributed by atoms with van der Waals surface area (Å²) in [6, 6.07) is 0. The highest BCUT2D eigenvalue weighted by Crippen LogP contribution is 2.43. The van der Waals surface area contributed by atoms with Crippen LogP contribution in [0.15, 0.2) is 12.2 Å². The molecule has 0 aromatic heterocycles. The fourth-order valence-corrected chi connectivity index (χ4v) is 7.44. The third kappa shape index (κ3) is 42.6. The van der Waals surface area contributed by atoms with Gasteiger partial charge in [-0.1, -0.05) is 193 Å². The molecule has 0 aliphatic carbocycles. The van der Waals surface area contributed by atoms with E-state index in [0.29, 0.717) is 6.61 Å². The van der Waals surface area contributed by atoms with Crippen LogP contribution in [0.1, 0.15) is 226 Å². The molecule has 3 N–H and O–H groups in total. The zero-order valence-corrected chi connectivity index (χ0v) is 36.8. The van der Waals surface area contributed by atoms with Gasteiger partial charge in [0.1, 0.15) is 12.2 Å². The van der Waals surface area contributed by atoms with Gasteiger partial charge in [0.15, 0.2) is 0 Å². The second-order valence-electron chi connectivity index (χ2n) is 15.8. The average Bonchev–Trinajstić information content (AvgIpc) is 3.18. The number of unbranched alkanes of at least 4 members (excludes halogenated alkanes) is 29. The Hall–Kier alpha value is -0.800. The fraction of sp³-hybridized carbons (Fsp3) is 0.933. The van der Waals surface area contributed by atoms with Crippen LogP contribution >= 0.6 is 7.82 Å². The maximum Gasteiger partial charge on any atom is 0.472 e. The van der Waals surface area contributed by atoms with Crippen molar-refractivity contribution < 1.29 is 43.0 Å². The molecule has 0 amide bonds. The fourth-order valence-electron chi connectivity index (χ4n) is 6.65. The molecule has 0 radical (unpaired) electrons. The first kappa shape index (κ1) is 54.2. The first-order chi connectivity index (χ1) is 26.8. The van der Waals surface area contributed by atoms with Crippen molar-refractivity contribution in [2.24, 2.45) is 0 Å². The Morgan fingerprint density at radius 1 is 0.545 bits per heavy atom. The average molecular weight is 805 g/mol. The minimum atomic E-state index is -4.51. The highest BCUT2D eigenvalue weighted by Gasteiger charge is 2.26. The van der Waals surface area contributed by atoms with Gasteiger partial charge in [0.25, 0.3) is 0 Å². The zero-order chi connectivity index (χ0) is 40.3. The molecule has 0 saturated carbocycles. The normalized spacial score (nSPS) is 14.1. The minimum absolute atomic E-state index is 0.0548. The topological polar surface area (TPSA) is 132 Å². The van der Waals surface area contributed by atoms with Gasteiger partial charge in [-0.2, -0.15) is 0 Å². The molecular formula is C45H89O9P. The highest BCUT2D eigenvalue weighted by molar-refractivity contribution is 7.47. The lowest BCUT2D eigenvalue weighted by molar-refractivity contribution is -0.154.